The van der Waals surface area contributed by atoms with Crippen LogP contribution in [0, 0.1) is 5.92 Å². The second-order valence-corrected chi connectivity index (χ2v) is 3.58. The molecular weight excluding hydrogens is 186 g/mol. The summed E-state index contributed by atoms with van der Waals surface area (Å²) in [6.45, 7) is 7.79. The van der Waals surface area contributed by atoms with Crippen molar-refractivity contribution in [1.82, 2.24) is 0 Å². The molecule has 0 radical (unpaired) electrons. The molecule has 0 fully saturated rings. The predicted molar refractivity (Wildman–Crippen MR) is 65.9 cm³/mol. The fourth-order valence-corrected chi connectivity index (χ4v) is 1.37. The van der Waals surface area contributed by atoms with E-state index in [0.717, 1.165) is 12.1 Å². The number of aliphatic imine (C=N–C) groups is 2. The second-order valence-electron chi connectivity index (χ2n) is 3.58. The van der Waals surface area contributed by atoms with Crippen molar-refractivity contribution < 1.29 is 0 Å². The highest BCUT2D eigenvalue weighted by molar-refractivity contribution is 5.99. The third kappa shape index (κ3) is 2.91. The highest BCUT2D eigenvalue weighted by atomic mass is 14.9. The first kappa shape index (κ1) is 11.4. The van der Waals surface area contributed by atoms with Crippen molar-refractivity contribution in [3.63, 3.8) is 0 Å². The highest BCUT2D eigenvalue weighted by Crippen LogP contribution is 2.21. The summed E-state index contributed by atoms with van der Waals surface area (Å²) in [5.41, 5.74) is 7.77. The van der Waals surface area contributed by atoms with Gasteiger partial charge in [0.1, 0.15) is 11.5 Å². The SMILES string of the molecule is C=C\C=N/C1=C(\C)C(C)C/C=C\N=C\1N. The Bertz CT molecular complexity index is 359. The number of amidine groups is 1. The number of hydrogen-bond acceptors (Lipinski definition) is 3. The van der Waals surface area contributed by atoms with E-state index in [4.69, 9.17) is 5.73 Å². The zero-order valence-corrected chi connectivity index (χ0v) is 9.27. The minimum atomic E-state index is 0.437. The largest absolute Gasteiger partial charge is 0.382 e. The Labute approximate surface area is 90.8 Å². The number of rotatable bonds is 2. The summed E-state index contributed by atoms with van der Waals surface area (Å²) in [7, 11) is 0. The minimum absolute atomic E-state index is 0.437. The van der Waals surface area contributed by atoms with Gasteiger partial charge in [-0.2, -0.15) is 0 Å². The van der Waals surface area contributed by atoms with Crippen LogP contribution in [0.4, 0.5) is 0 Å². The molecule has 2 N–H and O–H groups in total. The van der Waals surface area contributed by atoms with Crippen LogP contribution < -0.4 is 5.73 Å². The van der Waals surface area contributed by atoms with Gasteiger partial charge in [0.2, 0.25) is 0 Å². The third-order valence-electron chi connectivity index (χ3n) is 2.47. The highest BCUT2D eigenvalue weighted by Gasteiger charge is 2.12. The Morgan fingerprint density at radius 3 is 3.07 bits per heavy atom. The minimum Gasteiger partial charge on any atom is -0.382 e. The van der Waals surface area contributed by atoms with Gasteiger partial charge < -0.3 is 5.73 Å². The molecule has 1 aliphatic rings. The van der Waals surface area contributed by atoms with E-state index in [1.807, 2.05) is 13.0 Å². The average Bonchev–Trinajstić information content (AvgIpc) is 2.23. The van der Waals surface area contributed by atoms with Gasteiger partial charge in [0.25, 0.3) is 0 Å². The summed E-state index contributed by atoms with van der Waals surface area (Å²) in [5, 5.41) is 0. The van der Waals surface area contributed by atoms with E-state index in [-0.39, 0.29) is 0 Å². The maximum absolute atomic E-state index is 5.83. The normalized spacial score (nSPS) is 32.9. The molecule has 1 rings (SSSR count). The van der Waals surface area contributed by atoms with Crippen LogP contribution in [0.1, 0.15) is 20.3 Å². The first-order valence-corrected chi connectivity index (χ1v) is 5.01. The van der Waals surface area contributed by atoms with Crippen LogP contribution >= 0.6 is 0 Å². The van der Waals surface area contributed by atoms with Crippen molar-refractivity contribution in [3.8, 4) is 0 Å². The zero-order chi connectivity index (χ0) is 11.3. The lowest BCUT2D eigenvalue weighted by atomic mass is 9.96. The lowest BCUT2D eigenvalue weighted by Gasteiger charge is -2.14. The molecule has 0 saturated carbocycles. The summed E-state index contributed by atoms with van der Waals surface area (Å²) in [4.78, 5) is 8.37. The number of nitrogens with zero attached hydrogens (tertiary/aromatic N) is 2. The second kappa shape index (κ2) is 5.29. The molecule has 0 bridgehead atoms. The Hall–Kier alpha value is -1.64. The Morgan fingerprint density at radius 1 is 1.67 bits per heavy atom. The van der Waals surface area contributed by atoms with Crippen molar-refractivity contribution >= 4 is 12.1 Å². The van der Waals surface area contributed by atoms with Crippen molar-refractivity contribution in [3.05, 3.63) is 36.2 Å². The average molecular weight is 203 g/mol. The van der Waals surface area contributed by atoms with Crippen LogP contribution in [-0.4, -0.2) is 12.1 Å². The van der Waals surface area contributed by atoms with Gasteiger partial charge >= 0.3 is 0 Å². The molecule has 1 heterocycles. The molecule has 0 saturated heterocycles. The van der Waals surface area contributed by atoms with E-state index >= 15 is 0 Å². The van der Waals surface area contributed by atoms with Crippen molar-refractivity contribution in [1.29, 1.82) is 0 Å². The maximum atomic E-state index is 5.83. The Kier molecular flexibility index (Phi) is 4.03. The van der Waals surface area contributed by atoms with Gasteiger partial charge in [-0.1, -0.05) is 25.7 Å². The van der Waals surface area contributed by atoms with Gasteiger partial charge in [-0.3, -0.25) is 4.99 Å². The molecule has 15 heavy (non-hydrogen) atoms. The van der Waals surface area contributed by atoms with Crippen molar-refractivity contribution in [2.75, 3.05) is 0 Å². The molecule has 3 heteroatoms. The summed E-state index contributed by atoms with van der Waals surface area (Å²) >= 11 is 0. The fourth-order valence-electron chi connectivity index (χ4n) is 1.37. The quantitative estimate of drug-likeness (QED) is 0.688. The summed E-state index contributed by atoms with van der Waals surface area (Å²) in [6.07, 6.45) is 8.00. The molecule has 3 nitrogen and oxygen atoms in total. The molecular formula is C12H17N3. The smallest absolute Gasteiger partial charge is 0.149 e. The lowest BCUT2D eigenvalue weighted by Crippen LogP contribution is -2.17. The van der Waals surface area contributed by atoms with Crippen LogP contribution in [0.3, 0.4) is 0 Å². The lowest BCUT2D eigenvalue weighted by molar-refractivity contribution is 0.686. The molecule has 0 aliphatic carbocycles. The first-order chi connectivity index (χ1) is 7.16. The van der Waals surface area contributed by atoms with Gasteiger partial charge in [0, 0.05) is 12.4 Å². The molecule has 0 aromatic rings. The summed E-state index contributed by atoms with van der Waals surface area (Å²) < 4.78 is 0. The monoisotopic (exact) mass is 203 g/mol. The van der Waals surface area contributed by atoms with Gasteiger partial charge in [-0.25, -0.2) is 4.99 Å². The van der Waals surface area contributed by atoms with E-state index in [0.29, 0.717) is 11.8 Å². The molecule has 1 atom stereocenters. The third-order valence-corrected chi connectivity index (χ3v) is 2.47. The maximum Gasteiger partial charge on any atom is 0.149 e. The topological polar surface area (TPSA) is 50.7 Å². The summed E-state index contributed by atoms with van der Waals surface area (Å²) in [5.74, 6) is 0.903. The number of hydrogen-bond donors (Lipinski definition) is 1. The van der Waals surface area contributed by atoms with E-state index in [1.54, 1.807) is 18.5 Å². The van der Waals surface area contributed by atoms with Crippen LogP contribution in [-0.2, 0) is 0 Å². The van der Waals surface area contributed by atoms with E-state index in [9.17, 15) is 0 Å². The van der Waals surface area contributed by atoms with Gasteiger partial charge in [0.15, 0.2) is 0 Å². The predicted octanol–water partition coefficient (Wildman–Crippen LogP) is 2.43. The standard InChI is InChI=1S/C12H17N3/c1-4-7-14-11-10(3)9(2)6-5-8-15-12(11)13/h4-5,7-9H,1,6H2,2-3H3,(H2,13,15)/b8-5-,11-10+,14-7-. The molecule has 0 spiro atoms. The van der Waals surface area contributed by atoms with Crippen molar-refractivity contribution in [2.45, 2.75) is 20.3 Å². The van der Waals surface area contributed by atoms with Gasteiger partial charge in [-0.15, -0.1) is 0 Å². The fraction of sp³-hybridized carbons (Fsp3) is 0.333. The number of nitrogens with two attached hydrogens (primary N) is 1. The Morgan fingerprint density at radius 2 is 2.40 bits per heavy atom. The van der Waals surface area contributed by atoms with Crippen LogP contribution in [0.2, 0.25) is 0 Å². The number of allylic oxidation sites excluding steroid dienone is 3. The van der Waals surface area contributed by atoms with Gasteiger partial charge in [0.05, 0.1) is 0 Å². The van der Waals surface area contributed by atoms with E-state index in [2.05, 4.69) is 23.5 Å². The molecule has 1 aliphatic heterocycles. The molecule has 0 aromatic carbocycles. The Balaban J connectivity index is 3.16. The van der Waals surface area contributed by atoms with Crippen LogP contribution in [0.5, 0.6) is 0 Å². The van der Waals surface area contributed by atoms with Crippen LogP contribution in [0.15, 0.2) is 46.2 Å². The molecule has 0 aromatic heterocycles. The van der Waals surface area contributed by atoms with E-state index in [1.165, 1.54) is 5.57 Å². The molecule has 0 amide bonds. The van der Waals surface area contributed by atoms with Gasteiger partial charge in [-0.05, 0) is 24.8 Å². The molecule has 1 unspecified atom stereocenters. The van der Waals surface area contributed by atoms with Crippen LogP contribution in [0.25, 0.3) is 0 Å². The summed E-state index contributed by atoms with van der Waals surface area (Å²) in [6, 6.07) is 0. The van der Waals surface area contributed by atoms with E-state index < -0.39 is 0 Å². The van der Waals surface area contributed by atoms with Crippen molar-refractivity contribution in [2.24, 2.45) is 21.6 Å². The molecule has 80 valence electrons. The zero-order valence-electron chi connectivity index (χ0n) is 9.27. The first-order valence-electron chi connectivity index (χ1n) is 5.01.